The number of aryl methyl sites for hydroxylation is 1. The molecule has 28 heavy (non-hydrogen) atoms. The van der Waals surface area contributed by atoms with Crippen molar-refractivity contribution in [2.75, 3.05) is 4.72 Å². The van der Waals surface area contributed by atoms with Crippen LogP contribution < -0.4 is 4.72 Å². The molecule has 0 saturated carbocycles. The fourth-order valence-corrected chi connectivity index (χ4v) is 4.04. The van der Waals surface area contributed by atoms with Gasteiger partial charge in [-0.25, -0.2) is 18.4 Å². The first-order chi connectivity index (χ1) is 13.1. The molecule has 0 unspecified atom stereocenters. The Bertz CT molecular complexity index is 1080. The van der Waals surface area contributed by atoms with E-state index in [1.807, 2.05) is 19.1 Å². The number of hydrogen-bond donors (Lipinski definition) is 1. The lowest BCUT2D eigenvalue weighted by molar-refractivity contribution is 0.587. The largest absolute Gasteiger partial charge is 0.286 e. The Morgan fingerprint density at radius 1 is 1.14 bits per heavy atom. The van der Waals surface area contributed by atoms with Crippen molar-refractivity contribution >= 4 is 27.3 Å². The minimum absolute atomic E-state index is 0.0578. The number of halogens is 1. The van der Waals surface area contributed by atoms with Crippen LogP contribution in [0.15, 0.2) is 53.8 Å². The molecule has 0 aliphatic carbocycles. The highest BCUT2D eigenvalue weighted by atomic mass is 35.5. The summed E-state index contributed by atoms with van der Waals surface area (Å²) < 4.78 is 30.3. The van der Waals surface area contributed by atoms with E-state index in [9.17, 15) is 8.42 Å². The molecular formula is C20H23ClN4O2S. The number of imidazole rings is 1. The summed E-state index contributed by atoms with van der Waals surface area (Å²) in [5.41, 5.74) is 1.29. The topological polar surface area (TPSA) is 76.9 Å². The predicted octanol–water partition coefficient (Wildman–Crippen LogP) is 4.58. The third-order valence-corrected chi connectivity index (χ3v) is 5.96. The summed E-state index contributed by atoms with van der Waals surface area (Å²) in [6.45, 7) is 8.20. The van der Waals surface area contributed by atoms with Gasteiger partial charge in [-0.15, -0.1) is 0 Å². The first kappa shape index (κ1) is 20.4. The Balaban J connectivity index is 2.00. The van der Waals surface area contributed by atoms with Gasteiger partial charge in [-0.3, -0.25) is 9.29 Å². The number of sulfonamides is 1. The lowest BCUT2D eigenvalue weighted by Crippen LogP contribution is -2.17. The fraction of sp³-hybridized carbons (Fsp3) is 0.300. The average molecular weight is 419 g/mol. The third-order valence-electron chi connectivity index (χ3n) is 4.37. The Kier molecular flexibility index (Phi) is 5.50. The van der Waals surface area contributed by atoms with E-state index in [1.165, 1.54) is 6.20 Å². The molecule has 0 spiro atoms. The summed E-state index contributed by atoms with van der Waals surface area (Å²) >= 11 is 6.08. The van der Waals surface area contributed by atoms with Gasteiger partial charge < -0.3 is 0 Å². The molecule has 148 valence electrons. The van der Waals surface area contributed by atoms with Crippen molar-refractivity contribution < 1.29 is 8.42 Å². The monoisotopic (exact) mass is 418 g/mol. The van der Waals surface area contributed by atoms with Gasteiger partial charge in [-0.2, -0.15) is 0 Å². The Hall–Kier alpha value is -2.38. The van der Waals surface area contributed by atoms with Crippen LogP contribution in [0.2, 0.25) is 5.02 Å². The van der Waals surface area contributed by atoms with Crippen molar-refractivity contribution in [3.05, 3.63) is 65.3 Å². The lowest BCUT2D eigenvalue weighted by Gasteiger charge is -2.19. The van der Waals surface area contributed by atoms with E-state index in [-0.39, 0.29) is 10.3 Å². The van der Waals surface area contributed by atoms with Gasteiger partial charge in [0, 0.05) is 25.0 Å². The molecule has 8 heteroatoms. The standard InChI is InChI=1S/C20H23ClN4O2S/c1-5-18-22-10-11-25(18)19-17(12-15(21)13-23-19)24-28(26,27)16-8-6-14(7-9-16)20(2,3)4/h6-13,24H,5H2,1-4H3. The molecule has 1 N–H and O–H groups in total. The molecule has 0 amide bonds. The molecule has 2 aromatic heterocycles. The molecule has 0 radical (unpaired) electrons. The second-order valence-electron chi connectivity index (χ2n) is 7.47. The van der Waals surface area contributed by atoms with E-state index in [2.05, 4.69) is 35.5 Å². The highest BCUT2D eigenvalue weighted by Crippen LogP contribution is 2.27. The zero-order valence-corrected chi connectivity index (χ0v) is 17.8. The number of hydrogen-bond acceptors (Lipinski definition) is 4. The highest BCUT2D eigenvalue weighted by Gasteiger charge is 2.20. The van der Waals surface area contributed by atoms with E-state index >= 15 is 0 Å². The van der Waals surface area contributed by atoms with Gasteiger partial charge in [0.1, 0.15) is 5.82 Å². The quantitative estimate of drug-likeness (QED) is 0.657. The first-order valence-electron chi connectivity index (χ1n) is 8.93. The lowest BCUT2D eigenvalue weighted by atomic mass is 9.87. The van der Waals surface area contributed by atoms with E-state index in [4.69, 9.17) is 11.6 Å². The summed E-state index contributed by atoms with van der Waals surface area (Å²) in [6, 6.07) is 8.42. The zero-order valence-electron chi connectivity index (χ0n) is 16.3. The van der Waals surface area contributed by atoms with Crippen LogP contribution in [0.3, 0.4) is 0 Å². The molecule has 2 heterocycles. The molecule has 0 aliphatic heterocycles. The zero-order chi connectivity index (χ0) is 20.5. The van der Waals surface area contributed by atoms with Crippen LogP contribution >= 0.6 is 11.6 Å². The van der Waals surface area contributed by atoms with Crippen LogP contribution in [-0.2, 0) is 21.9 Å². The van der Waals surface area contributed by atoms with Gasteiger partial charge in [0.25, 0.3) is 10.0 Å². The summed E-state index contributed by atoms with van der Waals surface area (Å²) in [6.07, 6.45) is 5.55. The number of aromatic nitrogens is 3. The average Bonchev–Trinajstić information content (AvgIpc) is 3.09. The minimum atomic E-state index is -3.81. The van der Waals surface area contributed by atoms with Crippen LogP contribution in [0.25, 0.3) is 5.82 Å². The molecule has 6 nitrogen and oxygen atoms in total. The van der Waals surface area contributed by atoms with Crippen LogP contribution in [0.4, 0.5) is 5.69 Å². The van der Waals surface area contributed by atoms with E-state index in [1.54, 1.807) is 35.2 Å². The number of benzene rings is 1. The summed E-state index contributed by atoms with van der Waals surface area (Å²) in [4.78, 5) is 8.77. The molecule has 3 aromatic rings. The molecule has 0 saturated heterocycles. The maximum absolute atomic E-state index is 12.9. The SMILES string of the molecule is CCc1nccn1-c1ncc(Cl)cc1NS(=O)(=O)c1ccc(C(C)(C)C)cc1. The Labute approximate surface area is 170 Å². The van der Waals surface area contributed by atoms with Crippen LogP contribution in [0.5, 0.6) is 0 Å². The van der Waals surface area contributed by atoms with Gasteiger partial charge in [0.2, 0.25) is 0 Å². The van der Waals surface area contributed by atoms with Gasteiger partial charge in [0.15, 0.2) is 5.82 Å². The number of nitrogens with one attached hydrogen (secondary N) is 1. The summed E-state index contributed by atoms with van der Waals surface area (Å²) in [5, 5.41) is 0.336. The molecule has 0 atom stereocenters. The second kappa shape index (κ2) is 7.56. The molecule has 0 bridgehead atoms. The van der Waals surface area contributed by atoms with Crippen molar-refractivity contribution in [1.29, 1.82) is 0 Å². The van der Waals surface area contributed by atoms with Crippen molar-refractivity contribution in [3.8, 4) is 5.82 Å². The van der Waals surface area contributed by atoms with Crippen molar-refractivity contribution in [1.82, 2.24) is 14.5 Å². The molecule has 0 aliphatic rings. The van der Waals surface area contributed by atoms with Crippen molar-refractivity contribution in [2.45, 2.75) is 44.4 Å². The smallest absolute Gasteiger partial charge is 0.262 e. The second-order valence-corrected chi connectivity index (χ2v) is 9.59. The first-order valence-corrected chi connectivity index (χ1v) is 10.8. The minimum Gasteiger partial charge on any atom is -0.286 e. The van der Waals surface area contributed by atoms with Crippen molar-refractivity contribution in [2.24, 2.45) is 0 Å². The molecule has 0 fully saturated rings. The van der Waals surface area contributed by atoms with Gasteiger partial charge in [-0.1, -0.05) is 51.4 Å². The Morgan fingerprint density at radius 3 is 2.43 bits per heavy atom. The maximum atomic E-state index is 12.9. The predicted molar refractivity (Wildman–Crippen MR) is 112 cm³/mol. The summed E-state index contributed by atoms with van der Waals surface area (Å²) in [5.74, 6) is 1.19. The van der Waals surface area contributed by atoms with Crippen molar-refractivity contribution in [3.63, 3.8) is 0 Å². The maximum Gasteiger partial charge on any atom is 0.262 e. The van der Waals surface area contributed by atoms with E-state index in [0.717, 1.165) is 11.4 Å². The van der Waals surface area contributed by atoms with Gasteiger partial charge >= 0.3 is 0 Å². The van der Waals surface area contributed by atoms with Crippen LogP contribution in [-0.4, -0.2) is 23.0 Å². The third kappa shape index (κ3) is 4.20. The number of rotatable bonds is 5. The fourth-order valence-electron chi connectivity index (χ4n) is 2.83. The number of nitrogens with zero attached hydrogens (tertiary/aromatic N) is 3. The highest BCUT2D eigenvalue weighted by molar-refractivity contribution is 7.92. The van der Waals surface area contributed by atoms with Crippen LogP contribution in [0, 0.1) is 0 Å². The summed E-state index contributed by atoms with van der Waals surface area (Å²) in [7, 11) is -3.81. The number of pyridine rings is 1. The van der Waals surface area contributed by atoms with Crippen LogP contribution in [0.1, 0.15) is 39.1 Å². The molecule has 1 aromatic carbocycles. The Morgan fingerprint density at radius 2 is 1.82 bits per heavy atom. The molecule has 3 rings (SSSR count). The van der Waals surface area contributed by atoms with Gasteiger partial charge in [0.05, 0.1) is 15.6 Å². The number of anilines is 1. The van der Waals surface area contributed by atoms with Gasteiger partial charge in [-0.05, 0) is 29.2 Å². The molecular weight excluding hydrogens is 396 g/mol. The van der Waals surface area contributed by atoms with E-state index < -0.39 is 10.0 Å². The van der Waals surface area contributed by atoms with E-state index in [0.29, 0.717) is 22.9 Å². The normalized spacial score (nSPS) is 12.2.